The van der Waals surface area contributed by atoms with E-state index in [9.17, 15) is 15.3 Å². The molecule has 136 valence electrons. The molecule has 0 radical (unpaired) electrons. The number of benzene rings is 2. The van der Waals surface area contributed by atoms with Crippen molar-refractivity contribution >= 4 is 17.5 Å². The lowest BCUT2D eigenvalue weighted by molar-refractivity contribution is -0.121. The van der Waals surface area contributed by atoms with Gasteiger partial charge in [0.1, 0.15) is 0 Å². The zero-order valence-corrected chi connectivity index (χ0v) is 15.3. The van der Waals surface area contributed by atoms with Gasteiger partial charge in [0.25, 0.3) is 0 Å². The van der Waals surface area contributed by atoms with Gasteiger partial charge < -0.3 is 4.90 Å². The van der Waals surface area contributed by atoms with E-state index in [1.165, 1.54) is 0 Å². The lowest BCUT2D eigenvalue weighted by atomic mass is 9.69. The van der Waals surface area contributed by atoms with Gasteiger partial charge in [-0.15, -0.1) is 0 Å². The summed E-state index contributed by atoms with van der Waals surface area (Å²) < 4.78 is 0. The molecule has 3 aliphatic rings. The second kappa shape index (κ2) is 6.08. The van der Waals surface area contributed by atoms with Gasteiger partial charge >= 0.3 is 0 Å². The highest BCUT2D eigenvalue weighted by Crippen LogP contribution is 2.56. The Labute approximate surface area is 164 Å². The van der Waals surface area contributed by atoms with Crippen molar-refractivity contribution in [3.05, 3.63) is 71.8 Å². The molecule has 5 rings (SSSR count). The zero-order valence-electron chi connectivity index (χ0n) is 15.3. The van der Waals surface area contributed by atoms with Crippen LogP contribution in [0, 0.1) is 34.0 Å². The minimum atomic E-state index is -1.32. The fraction of sp³-hybridized carbons (Fsp3) is 0.292. The molecule has 2 heterocycles. The van der Waals surface area contributed by atoms with E-state index in [2.05, 4.69) is 17.0 Å². The van der Waals surface area contributed by atoms with Crippen molar-refractivity contribution < 1.29 is 4.79 Å². The average molecular weight is 365 g/mol. The van der Waals surface area contributed by atoms with Crippen LogP contribution < -0.4 is 4.90 Å². The van der Waals surface area contributed by atoms with E-state index in [0.717, 1.165) is 29.7 Å². The van der Waals surface area contributed by atoms with Gasteiger partial charge in [-0.1, -0.05) is 60.7 Å². The first kappa shape index (κ1) is 16.8. The number of para-hydroxylation sites is 1. The fourth-order valence-electron chi connectivity index (χ4n) is 4.90. The summed E-state index contributed by atoms with van der Waals surface area (Å²) in [7, 11) is 0. The molecule has 3 atom stereocenters. The van der Waals surface area contributed by atoms with Gasteiger partial charge in [0.05, 0.1) is 24.2 Å². The van der Waals surface area contributed by atoms with Crippen LogP contribution in [0.4, 0.5) is 5.69 Å². The summed E-state index contributed by atoms with van der Waals surface area (Å²) in [6.07, 6.45) is 5.72. The van der Waals surface area contributed by atoms with Crippen molar-refractivity contribution in [1.82, 2.24) is 0 Å². The monoisotopic (exact) mass is 365 g/mol. The van der Waals surface area contributed by atoms with Crippen molar-refractivity contribution in [3.8, 4) is 12.1 Å². The van der Waals surface area contributed by atoms with Gasteiger partial charge in [-0.2, -0.15) is 10.5 Å². The standard InChI is InChI=1S/C24H19N3O/c25-14-24(15-26)20-13-12-16-6-4-5-9-19(16)27(20)22(23(28)18-10-11-18)21(24)17-7-2-1-3-8-17/h1-9,12-13,18,20-22H,10-11H2/t20-,21+,22+/m1/s1. The van der Waals surface area contributed by atoms with Crippen LogP contribution in [0.25, 0.3) is 6.08 Å². The summed E-state index contributed by atoms with van der Waals surface area (Å²) in [4.78, 5) is 15.5. The Kier molecular flexibility index (Phi) is 3.64. The molecule has 2 aliphatic heterocycles. The van der Waals surface area contributed by atoms with E-state index in [1.807, 2.05) is 66.7 Å². The van der Waals surface area contributed by atoms with Crippen molar-refractivity contribution in [2.24, 2.45) is 11.3 Å². The first-order valence-corrected chi connectivity index (χ1v) is 9.68. The number of carbonyl (C=O) groups is 1. The highest BCUT2D eigenvalue weighted by molar-refractivity contribution is 5.95. The number of hydrogen-bond acceptors (Lipinski definition) is 4. The van der Waals surface area contributed by atoms with Gasteiger partial charge in [-0.3, -0.25) is 4.79 Å². The Balaban J connectivity index is 1.77. The Morgan fingerprint density at radius 1 is 1.00 bits per heavy atom. The van der Waals surface area contributed by atoms with Crippen molar-refractivity contribution in [3.63, 3.8) is 0 Å². The number of rotatable bonds is 3. The Morgan fingerprint density at radius 2 is 1.68 bits per heavy atom. The molecule has 0 aromatic heterocycles. The molecular weight excluding hydrogens is 346 g/mol. The van der Waals surface area contributed by atoms with E-state index < -0.39 is 23.4 Å². The van der Waals surface area contributed by atoms with Crippen LogP contribution in [0.3, 0.4) is 0 Å². The van der Waals surface area contributed by atoms with Gasteiger partial charge in [-0.25, -0.2) is 0 Å². The molecule has 0 amide bonds. The van der Waals surface area contributed by atoms with Crippen LogP contribution >= 0.6 is 0 Å². The third-order valence-electron chi connectivity index (χ3n) is 6.35. The smallest absolute Gasteiger partial charge is 0.176 e. The number of carbonyl (C=O) groups excluding carboxylic acids is 1. The van der Waals surface area contributed by atoms with Crippen LogP contribution in [0.5, 0.6) is 0 Å². The second-order valence-corrected chi connectivity index (χ2v) is 7.87. The van der Waals surface area contributed by atoms with Gasteiger partial charge in [0, 0.05) is 17.5 Å². The first-order chi connectivity index (χ1) is 13.7. The van der Waals surface area contributed by atoms with E-state index in [1.54, 1.807) is 0 Å². The average Bonchev–Trinajstić information content (AvgIpc) is 3.56. The van der Waals surface area contributed by atoms with E-state index in [4.69, 9.17) is 0 Å². The number of hydrogen-bond donors (Lipinski definition) is 0. The normalized spacial score (nSPS) is 26.6. The molecule has 1 aliphatic carbocycles. The number of fused-ring (bicyclic) bond motifs is 3. The maximum atomic E-state index is 13.5. The lowest BCUT2D eigenvalue weighted by Crippen LogP contribution is -2.44. The lowest BCUT2D eigenvalue weighted by Gasteiger charge is -2.35. The third kappa shape index (κ3) is 2.18. The molecule has 1 saturated carbocycles. The first-order valence-electron chi connectivity index (χ1n) is 9.68. The quantitative estimate of drug-likeness (QED) is 0.822. The molecule has 4 nitrogen and oxygen atoms in total. The molecule has 2 aromatic carbocycles. The van der Waals surface area contributed by atoms with E-state index in [0.29, 0.717) is 0 Å². The number of ketones is 1. The second-order valence-electron chi connectivity index (χ2n) is 7.87. The van der Waals surface area contributed by atoms with Crippen LogP contribution in [0.1, 0.15) is 29.9 Å². The molecule has 2 aromatic rings. The minimum Gasteiger partial charge on any atom is -0.351 e. The molecule has 0 spiro atoms. The summed E-state index contributed by atoms with van der Waals surface area (Å²) in [5.74, 6) is -0.281. The number of nitriles is 2. The van der Waals surface area contributed by atoms with Crippen molar-refractivity contribution in [2.75, 3.05) is 4.90 Å². The summed E-state index contributed by atoms with van der Waals surface area (Å²) in [5.41, 5.74) is 1.51. The largest absolute Gasteiger partial charge is 0.351 e. The number of nitrogens with zero attached hydrogens (tertiary/aromatic N) is 3. The highest BCUT2D eigenvalue weighted by atomic mass is 16.1. The maximum absolute atomic E-state index is 13.5. The third-order valence-corrected chi connectivity index (χ3v) is 6.35. The predicted octanol–water partition coefficient (Wildman–Crippen LogP) is 4.07. The molecule has 4 heteroatoms. The van der Waals surface area contributed by atoms with Crippen LogP contribution in [0.15, 0.2) is 60.7 Å². The molecule has 2 fully saturated rings. The number of anilines is 1. The van der Waals surface area contributed by atoms with Crippen LogP contribution in [0.2, 0.25) is 0 Å². The Morgan fingerprint density at radius 3 is 2.36 bits per heavy atom. The van der Waals surface area contributed by atoms with E-state index >= 15 is 0 Å². The van der Waals surface area contributed by atoms with Gasteiger partial charge in [0.2, 0.25) is 0 Å². The van der Waals surface area contributed by atoms with Crippen LogP contribution in [-0.2, 0) is 4.79 Å². The van der Waals surface area contributed by atoms with Gasteiger partial charge in [0.15, 0.2) is 11.2 Å². The minimum absolute atomic E-state index is 0.0446. The summed E-state index contributed by atoms with van der Waals surface area (Å²) in [5, 5.41) is 20.5. The molecule has 1 saturated heterocycles. The van der Waals surface area contributed by atoms with Crippen molar-refractivity contribution in [2.45, 2.75) is 30.8 Å². The molecule has 0 unspecified atom stereocenters. The SMILES string of the molecule is N#CC1(C#N)[C@@H](c2ccccc2)[C@@H](C(=O)C2CC2)N2c3ccccc3C=C[C@@H]21. The zero-order chi connectivity index (χ0) is 19.3. The molecule has 28 heavy (non-hydrogen) atoms. The van der Waals surface area contributed by atoms with E-state index in [-0.39, 0.29) is 11.7 Å². The predicted molar refractivity (Wildman–Crippen MR) is 106 cm³/mol. The topological polar surface area (TPSA) is 67.9 Å². The van der Waals surface area contributed by atoms with Crippen LogP contribution in [-0.4, -0.2) is 17.9 Å². The van der Waals surface area contributed by atoms with Gasteiger partial charge in [-0.05, 0) is 30.0 Å². The fourth-order valence-corrected chi connectivity index (χ4v) is 4.90. The molecule has 0 N–H and O–H groups in total. The Hall–Kier alpha value is -3.37. The number of Topliss-reactive ketones (excluding diaryl/α,β-unsaturated/α-hetero) is 1. The summed E-state index contributed by atoms with van der Waals surface area (Å²) in [6.45, 7) is 0. The Bertz CT molecular complexity index is 1040. The molecule has 0 bridgehead atoms. The summed E-state index contributed by atoms with van der Waals surface area (Å²) >= 11 is 0. The molecular formula is C24H19N3O. The highest BCUT2D eigenvalue weighted by Gasteiger charge is 2.64. The van der Waals surface area contributed by atoms with Crippen molar-refractivity contribution in [1.29, 1.82) is 10.5 Å². The maximum Gasteiger partial charge on any atom is 0.176 e. The summed E-state index contributed by atoms with van der Waals surface area (Å²) in [6, 6.07) is 21.3.